The van der Waals surface area contributed by atoms with Crippen LogP contribution in [0.2, 0.25) is 0 Å². The van der Waals surface area contributed by atoms with Crippen molar-refractivity contribution in [1.29, 1.82) is 0 Å². The van der Waals surface area contributed by atoms with E-state index in [2.05, 4.69) is 32.0 Å². The standard InChI is InChI=1S/C30H41N5O3S/c1-30(2,3)38-29(37)35-24(15-22-18-32-26-13-7-6-12-25(22)26)19-39-20-27(34-23-10-4-5-11-23)28(36)33-17-21-9-8-14-31-16-21/h6-9,12-14,16,18,23-24,27,32,34H,4-5,10-11,15,17,19-20H2,1-3H3,(H,33,36)(H,35,37)/t24-,27-/m0/s1. The highest BCUT2D eigenvalue weighted by atomic mass is 32.2. The Hall–Kier alpha value is -3.04. The Balaban J connectivity index is 1.40. The van der Waals surface area contributed by atoms with Crippen LogP contribution in [0, 0.1) is 0 Å². The van der Waals surface area contributed by atoms with Gasteiger partial charge < -0.3 is 25.7 Å². The monoisotopic (exact) mass is 551 g/mol. The van der Waals surface area contributed by atoms with Gasteiger partial charge >= 0.3 is 6.09 Å². The number of nitrogens with zero attached hydrogens (tertiary/aromatic N) is 1. The Morgan fingerprint density at radius 1 is 1.13 bits per heavy atom. The summed E-state index contributed by atoms with van der Waals surface area (Å²) >= 11 is 1.67. The quantitative estimate of drug-likeness (QED) is 0.254. The number of aromatic amines is 1. The molecule has 4 N–H and O–H groups in total. The minimum absolute atomic E-state index is 0.00784. The molecule has 1 fully saturated rings. The van der Waals surface area contributed by atoms with Crippen LogP contribution in [-0.2, 0) is 22.5 Å². The number of pyridine rings is 1. The molecule has 3 aromatic rings. The molecule has 39 heavy (non-hydrogen) atoms. The van der Waals surface area contributed by atoms with E-state index in [0.717, 1.165) is 34.9 Å². The summed E-state index contributed by atoms with van der Waals surface area (Å²) in [5.41, 5.74) is 2.61. The molecule has 9 heteroatoms. The van der Waals surface area contributed by atoms with Crippen molar-refractivity contribution in [3.63, 3.8) is 0 Å². The molecule has 8 nitrogen and oxygen atoms in total. The van der Waals surface area contributed by atoms with Crippen LogP contribution in [0.3, 0.4) is 0 Å². The predicted octanol–water partition coefficient (Wildman–Crippen LogP) is 4.95. The van der Waals surface area contributed by atoms with Crippen LogP contribution in [-0.4, -0.2) is 57.2 Å². The molecular weight excluding hydrogens is 510 g/mol. The van der Waals surface area contributed by atoms with Gasteiger partial charge in [0.15, 0.2) is 0 Å². The highest BCUT2D eigenvalue weighted by Gasteiger charge is 2.26. The van der Waals surface area contributed by atoms with E-state index in [-0.39, 0.29) is 18.0 Å². The minimum atomic E-state index is -0.578. The number of hydrogen-bond acceptors (Lipinski definition) is 6. The van der Waals surface area contributed by atoms with Gasteiger partial charge in [0, 0.05) is 59.6 Å². The Labute approximate surface area is 235 Å². The van der Waals surface area contributed by atoms with E-state index in [1.54, 1.807) is 24.2 Å². The molecule has 0 radical (unpaired) electrons. The second-order valence-electron chi connectivity index (χ2n) is 11.2. The van der Waals surface area contributed by atoms with E-state index in [4.69, 9.17) is 4.74 Å². The summed E-state index contributed by atoms with van der Waals surface area (Å²) in [6, 6.07) is 11.9. The zero-order chi connectivity index (χ0) is 27.7. The highest BCUT2D eigenvalue weighted by Crippen LogP contribution is 2.22. The summed E-state index contributed by atoms with van der Waals surface area (Å²) < 4.78 is 5.55. The number of alkyl carbamates (subject to hydrolysis) is 1. The second kappa shape index (κ2) is 13.8. The lowest BCUT2D eigenvalue weighted by Gasteiger charge is -2.25. The van der Waals surface area contributed by atoms with E-state index < -0.39 is 11.7 Å². The Kier molecular flexibility index (Phi) is 10.3. The topological polar surface area (TPSA) is 108 Å². The van der Waals surface area contributed by atoms with E-state index in [9.17, 15) is 9.59 Å². The zero-order valence-electron chi connectivity index (χ0n) is 23.2. The Morgan fingerprint density at radius 3 is 2.67 bits per heavy atom. The van der Waals surface area contributed by atoms with Crippen LogP contribution in [0.4, 0.5) is 4.79 Å². The van der Waals surface area contributed by atoms with Crippen molar-refractivity contribution in [2.75, 3.05) is 11.5 Å². The summed E-state index contributed by atoms with van der Waals surface area (Å²) in [6.45, 7) is 6.03. The lowest BCUT2D eigenvalue weighted by Crippen LogP contribution is -2.49. The molecule has 2 aromatic heterocycles. The second-order valence-corrected chi connectivity index (χ2v) is 12.3. The minimum Gasteiger partial charge on any atom is -0.444 e. The number of amides is 2. The SMILES string of the molecule is CC(C)(C)OC(=O)N[C@H](CSC[C@H](NC1CCCC1)C(=O)NCc1cccnc1)Cc1c[nH]c2ccccc12. The van der Waals surface area contributed by atoms with Crippen molar-refractivity contribution >= 4 is 34.7 Å². The summed E-state index contributed by atoms with van der Waals surface area (Å²) in [5, 5.41) is 10.9. The van der Waals surface area contributed by atoms with Gasteiger partial charge in [0.05, 0.1) is 6.04 Å². The molecule has 4 rings (SSSR count). The van der Waals surface area contributed by atoms with Gasteiger partial charge in [-0.3, -0.25) is 9.78 Å². The average molecular weight is 552 g/mol. The molecule has 1 saturated carbocycles. The number of hydrogen-bond donors (Lipinski definition) is 4. The van der Waals surface area contributed by atoms with Crippen molar-refractivity contribution in [2.24, 2.45) is 0 Å². The normalized spacial score (nSPS) is 15.7. The first kappa shape index (κ1) is 29.0. The maximum absolute atomic E-state index is 13.2. The lowest BCUT2D eigenvalue weighted by atomic mass is 10.1. The number of aromatic nitrogens is 2. The number of benzene rings is 1. The van der Waals surface area contributed by atoms with Crippen LogP contribution in [0.15, 0.2) is 55.0 Å². The molecule has 2 heterocycles. The molecule has 1 aromatic carbocycles. The van der Waals surface area contributed by atoms with Gasteiger partial charge in [-0.2, -0.15) is 11.8 Å². The maximum atomic E-state index is 13.2. The first-order chi connectivity index (χ1) is 18.8. The van der Waals surface area contributed by atoms with Crippen LogP contribution in [0.5, 0.6) is 0 Å². The van der Waals surface area contributed by atoms with Crippen LogP contribution >= 0.6 is 11.8 Å². The van der Waals surface area contributed by atoms with E-state index in [0.29, 0.717) is 30.5 Å². The number of para-hydroxylation sites is 1. The number of H-pyrrole nitrogens is 1. The molecule has 2 atom stereocenters. The van der Waals surface area contributed by atoms with Crippen LogP contribution in [0.25, 0.3) is 10.9 Å². The lowest BCUT2D eigenvalue weighted by molar-refractivity contribution is -0.123. The Bertz CT molecular complexity index is 1200. The van der Waals surface area contributed by atoms with Crippen LogP contribution < -0.4 is 16.0 Å². The van der Waals surface area contributed by atoms with Gasteiger partial charge in [-0.05, 0) is 63.3 Å². The number of rotatable bonds is 12. The molecule has 0 unspecified atom stereocenters. The van der Waals surface area contributed by atoms with Crippen molar-refractivity contribution in [3.05, 3.63) is 66.1 Å². The molecule has 0 aliphatic heterocycles. The fourth-order valence-electron chi connectivity index (χ4n) is 4.91. The molecule has 2 amide bonds. The largest absolute Gasteiger partial charge is 0.444 e. The third kappa shape index (κ3) is 9.28. The number of carbonyl (C=O) groups is 2. The van der Waals surface area contributed by atoms with Gasteiger partial charge in [-0.1, -0.05) is 37.1 Å². The summed E-state index contributed by atoms with van der Waals surface area (Å²) in [5.74, 6) is 1.25. The van der Waals surface area contributed by atoms with Gasteiger partial charge in [-0.15, -0.1) is 0 Å². The first-order valence-corrected chi connectivity index (χ1v) is 15.0. The van der Waals surface area contributed by atoms with Gasteiger partial charge in [0.1, 0.15) is 5.60 Å². The number of thioether (sulfide) groups is 1. The molecule has 1 aliphatic carbocycles. The third-order valence-electron chi connectivity index (χ3n) is 6.76. The highest BCUT2D eigenvalue weighted by molar-refractivity contribution is 7.99. The predicted molar refractivity (Wildman–Crippen MR) is 158 cm³/mol. The van der Waals surface area contributed by atoms with Crippen molar-refractivity contribution < 1.29 is 14.3 Å². The first-order valence-electron chi connectivity index (χ1n) is 13.8. The average Bonchev–Trinajstić information content (AvgIpc) is 3.56. The van der Waals surface area contributed by atoms with E-state index in [1.807, 2.05) is 57.3 Å². The number of ether oxygens (including phenoxy) is 1. The fraction of sp³-hybridized carbons (Fsp3) is 0.500. The van der Waals surface area contributed by atoms with Gasteiger partial charge in [0.25, 0.3) is 0 Å². The number of nitrogens with one attached hydrogen (secondary N) is 4. The molecule has 210 valence electrons. The van der Waals surface area contributed by atoms with Gasteiger partial charge in [-0.25, -0.2) is 4.79 Å². The maximum Gasteiger partial charge on any atom is 0.407 e. The zero-order valence-corrected chi connectivity index (χ0v) is 24.0. The molecule has 0 spiro atoms. The van der Waals surface area contributed by atoms with Crippen molar-refractivity contribution in [2.45, 2.75) is 83.1 Å². The van der Waals surface area contributed by atoms with Crippen molar-refractivity contribution in [3.8, 4) is 0 Å². The summed E-state index contributed by atoms with van der Waals surface area (Å²) in [4.78, 5) is 33.4. The van der Waals surface area contributed by atoms with Crippen LogP contribution in [0.1, 0.15) is 57.6 Å². The summed E-state index contributed by atoms with van der Waals surface area (Å²) in [6.07, 6.45) is 10.3. The molecular formula is C30H41N5O3S. The molecule has 0 bridgehead atoms. The van der Waals surface area contributed by atoms with Crippen molar-refractivity contribution in [1.82, 2.24) is 25.9 Å². The smallest absolute Gasteiger partial charge is 0.407 e. The van der Waals surface area contributed by atoms with E-state index >= 15 is 0 Å². The molecule has 0 saturated heterocycles. The molecule has 1 aliphatic rings. The van der Waals surface area contributed by atoms with Gasteiger partial charge in [0.2, 0.25) is 5.91 Å². The van der Waals surface area contributed by atoms with E-state index in [1.165, 1.54) is 12.8 Å². The fourth-order valence-corrected chi connectivity index (χ4v) is 6.02. The number of carbonyl (C=O) groups excluding carboxylic acids is 2. The summed E-state index contributed by atoms with van der Waals surface area (Å²) in [7, 11) is 0. The Morgan fingerprint density at radius 2 is 1.92 bits per heavy atom. The third-order valence-corrected chi connectivity index (χ3v) is 7.97. The number of fused-ring (bicyclic) bond motifs is 1.